The van der Waals surface area contributed by atoms with Crippen molar-refractivity contribution in [1.82, 2.24) is 4.90 Å². The highest BCUT2D eigenvalue weighted by molar-refractivity contribution is 7.11. The predicted molar refractivity (Wildman–Crippen MR) is 134 cm³/mol. The molecular weight excluding hydrogens is 428 g/mol. The van der Waals surface area contributed by atoms with Gasteiger partial charge in [-0.15, -0.1) is 11.3 Å². The molecule has 2 amide bonds. The summed E-state index contributed by atoms with van der Waals surface area (Å²) in [6, 6.07) is 20.4. The zero-order valence-electron chi connectivity index (χ0n) is 19.1. The second-order valence-corrected chi connectivity index (χ2v) is 10.0. The van der Waals surface area contributed by atoms with Crippen molar-refractivity contribution >= 4 is 34.4 Å². The van der Waals surface area contributed by atoms with Crippen LogP contribution >= 0.6 is 11.3 Å². The average molecular weight is 457 g/mol. The summed E-state index contributed by atoms with van der Waals surface area (Å²) in [5.74, 6) is 0.188. The molecule has 3 heterocycles. The summed E-state index contributed by atoms with van der Waals surface area (Å²) in [7, 11) is 0. The van der Waals surface area contributed by atoms with Gasteiger partial charge in [-0.05, 0) is 73.2 Å². The Morgan fingerprint density at radius 2 is 1.67 bits per heavy atom. The van der Waals surface area contributed by atoms with E-state index in [0.29, 0.717) is 22.9 Å². The zero-order valence-corrected chi connectivity index (χ0v) is 19.9. The topological polar surface area (TPSA) is 40.6 Å². The Morgan fingerprint density at radius 1 is 0.909 bits per heavy atom. The molecule has 2 aliphatic heterocycles. The molecule has 0 radical (unpaired) electrons. The molecule has 0 atom stereocenters. The van der Waals surface area contributed by atoms with E-state index in [1.54, 1.807) is 0 Å². The lowest BCUT2D eigenvalue weighted by atomic mass is 9.90. The van der Waals surface area contributed by atoms with E-state index in [4.69, 9.17) is 0 Å². The summed E-state index contributed by atoms with van der Waals surface area (Å²) in [5.41, 5.74) is 5.13. The second-order valence-electron chi connectivity index (χ2n) is 9.06. The third kappa shape index (κ3) is 4.13. The van der Waals surface area contributed by atoms with Gasteiger partial charge in [-0.25, -0.2) is 4.90 Å². The number of carbonyl (C=O) groups excluding carboxylic acids is 2. The van der Waals surface area contributed by atoms with E-state index >= 15 is 0 Å². The average Bonchev–Trinajstić information content (AvgIpc) is 3.43. The number of amides is 2. The molecule has 168 valence electrons. The van der Waals surface area contributed by atoms with Gasteiger partial charge in [-0.3, -0.25) is 9.59 Å². The number of likely N-dealkylation sites (tertiary alicyclic amines) is 1. The number of imide groups is 1. The van der Waals surface area contributed by atoms with Crippen LogP contribution in [0.25, 0.3) is 5.57 Å². The van der Waals surface area contributed by atoms with Gasteiger partial charge in [0.2, 0.25) is 0 Å². The molecule has 0 unspecified atom stereocenters. The van der Waals surface area contributed by atoms with E-state index in [0.717, 1.165) is 48.4 Å². The SMILES string of the molecule is Cc1ccc(C)c(N2C(=O)C(c3cccs3)=C(N3CCC(Cc4ccccc4)CC3)C2=O)c1. The number of hydrogen-bond acceptors (Lipinski definition) is 4. The third-order valence-corrected chi connectivity index (χ3v) is 7.62. The maximum absolute atomic E-state index is 13.8. The number of rotatable bonds is 5. The second kappa shape index (κ2) is 8.99. The minimum Gasteiger partial charge on any atom is -0.366 e. The van der Waals surface area contributed by atoms with Crippen LogP contribution in [0.1, 0.15) is 34.4 Å². The molecule has 33 heavy (non-hydrogen) atoms. The Bertz CT molecular complexity index is 1210. The molecule has 2 aromatic carbocycles. The molecule has 5 rings (SSSR count). The van der Waals surface area contributed by atoms with E-state index in [9.17, 15) is 9.59 Å². The summed E-state index contributed by atoms with van der Waals surface area (Å²) < 4.78 is 0. The Labute approximate surface area is 199 Å². The molecule has 0 spiro atoms. The molecule has 3 aromatic rings. The van der Waals surface area contributed by atoms with E-state index in [1.165, 1.54) is 21.8 Å². The van der Waals surface area contributed by atoms with Gasteiger partial charge >= 0.3 is 0 Å². The summed E-state index contributed by atoms with van der Waals surface area (Å²) in [6.07, 6.45) is 3.09. The molecule has 4 nitrogen and oxygen atoms in total. The Hall–Kier alpha value is -3.18. The summed E-state index contributed by atoms with van der Waals surface area (Å²) >= 11 is 1.52. The van der Waals surface area contributed by atoms with Crippen LogP contribution in [0.4, 0.5) is 5.69 Å². The van der Waals surface area contributed by atoms with Gasteiger partial charge in [0.1, 0.15) is 5.70 Å². The zero-order chi connectivity index (χ0) is 22.9. The third-order valence-electron chi connectivity index (χ3n) is 6.73. The van der Waals surface area contributed by atoms with Crippen LogP contribution in [0.15, 0.2) is 71.7 Å². The van der Waals surface area contributed by atoms with Crippen molar-refractivity contribution in [3.05, 3.63) is 93.3 Å². The smallest absolute Gasteiger partial charge is 0.282 e. The number of hydrogen-bond donors (Lipinski definition) is 0. The molecule has 1 aromatic heterocycles. The fraction of sp³-hybridized carbons (Fsp3) is 0.286. The van der Waals surface area contributed by atoms with Crippen LogP contribution < -0.4 is 4.90 Å². The predicted octanol–water partition coefficient (Wildman–Crippen LogP) is 5.60. The van der Waals surface area contributed by atoms with Crippen molar-refractivity contribution in [3.63, 3.8) is 0 Å². The maximum atomic E-state index is 13.8. The van der Waals surface area contributed by atoms with Crippen LogP contribution in [0.3, 0.4) is 0 Å². The lowest BCUT2D eigenvalue weighted by Crippen LogP contribution is -2.39. The van der Waals surface area contributed by atoms with Gasteiger partial charge < -0.3 is 4.90 Å². The molecule has 1 fully saturated rings. The number of thiophene rings is 1. The van der Waals surface area contributed by atoms with Crippen LogP contribution in [-0.2, 0) is 16.0 Å². The largest absolute Gasteiger partial charge is 0.366 e. The maximum Gasteiger partial charge on any atom is 0.282 e. The summed E-state index contributed by atoms with van der Waals surface area (Å²) in [5, 5.41) is 1.96. The molecule has 0 saturated carbocycles. The number of carbonyl (C=O) groups is 2. The Balaban J connectivity index is 1.44. The summed E-state index contributed by atoms with van der Waals surface area (Å²) in [4.78, 5) is 31.8. The van der Waals surface area contributed by atoms with E-state index in [1.807, 2.05) is 49.6 Å². The van der Waals surface area contributed by atoms with Crippen LogP contribution in [0, 0.1) is 19.8 Å². The summed E-state index contributed by atoms with van der Waals surface area (Å²) in [6.45, 7) is 5.52. The lowest BCUT2D eigenvalue weighted by Gasteiger charge is -2.34. The highest BCUT2D eigenvalue weighted by Gasteiger charge is 2.44. The van der Waals surface area contributed by atoms with Crippen molar-refractivity contribution in [2.45, 2.75) is 33.1 Å². The monoisotopic (exact) mass is 456 g/mol. The first-order valence-corrected chi connectivity index (χ1v) is 12.4. The fourth-order valence-electron chi connectivity index (χ4n) is 4.94. The van der Waals surface area contributed by atoms with Crippen molar-refractivity contribution < 1.29 is 9.59 Å². The first-order chi connectivity index (χ1) is 16.0. The number of nitrogens with zero attached hydrogens (tertiary/aromatic N) is 2. The first kappa shape index (κ1) is 21.7. The standard InChI is InChI=1S/C28H28N2O2S/c1-19-10-11-20(2)23(17-19)30-27(31)25(24-9-6-16-33-24)26(28(30)32)29-14-12-22(13-15-29)18-21-7-4-3-5-8-21/h3-11,16-17,22H,12-15,18H2,1-2H3. The Morgan fingerprint density at radius 3 is 2.36 bits per heavy atom. The van der Waals surface area contributed by atoms with Crippen molar-refractivity contribution in [1.29, 1.82) is 0 Å². The van der Waals surface area contributed by atoms with Crippen LogP contribution in [0.5, 0.6) is 0 Å². The minimum absolute atomic E-state index is 0.196. The molecule has 1 saturated heterocycles. The van der Waals surface area contributed by atoms with Gasteiger partial charge in [-0.1, -0.05) is 48.5 Å². The quantitative estimate of drug-likeness (QED) is 0.469. The van der Waals surface area contributed by atoms with Gasteiger partial charge in [0, 0.05) is 18.0 Å². The number of benzene rings is 2. The number of aryl methyl sites for hydroxylation is 2. The van der Waals surface area contributed by atoms with Gasteiger partial charge in [0.25, 0.3) is 11.8 Å². The van der Waals surface area contributed by atoms with Crippen molar-refractivity contribution in [2.24, 2.45) is 5.92 Å². The lowest BCUT2D eigenvalue weighted by molar-refractivity contribution is -0.120. The molecule has 0 aliphatic carbocycles. The molecule has 0 bridgehead atoms. The van der Waals surface area contributed by atoms with E-state index in [2.05, 4.69) is 35.2 Å². The molecule has 0 N–H and O–H groups in total. The van der Waals surface area contributed by atoms with Crippen molar-refractivity contribution in [3.8, 4) is 0 Å². The van der Waals surface area contributed by atoms with E-state index in [-0.39, 0.29) is 11.8 Å². The normalized spacial score (nSPS) is 17.4. The van der Waals surface area contributed by atoms with Gasteiger partial charge in [0.05, 0.1) is 11.3 Å². The van der Waals surface area contributed by atoms with Crippen LogP contribution in [-0.4, -0.2) is 29.8 Å². The van der Waals surface area contributed by atoms with Gasteiger partial charge in [-0.2, -0.15) is 0 Å². The van der Waals surface area contributed by atoms with Crippen LogP contribution in [0.2, 0.25) is 0 Å². The molecular formula is C28H28N2O2S. The minimum atomic E-state index is -0.211. The highest BCUT2D eigenvalue weighted by Crippen LogP contribution is 2.39. The Kier molecular flexibility index (Phi) is 5.90. The first-order valence-electron chi connectivity index (χ1n) is 11.6. The van der Waals surface area contributed by atoms with Crippen molar-refractivity contribution in [2.75, 3.05) is 18.0 Å². The number of piperidine rings is 1. The van der Waals surface area contributed by atoms with E-state index < -0.39 is 0 Å². The fourth-order valence-corrected chi connectivity index (χ4v) is 5.70. The molecule has 2 aliphatic rings. The van der Waals surface area contributed by atoms with Gasteiger partial charge in [0.15, 0.2) is 0 Å². The number of anilines is 1. The molecule has 5 heteroatoms. The highest BCUT2D eigenvalue weighted by atomic mass is 32.1.